The van der Waals surface area contributed by atoms with E-state index in [2.05, 4.69) is 244 Å². The van der Waals surface area contributed by atoms with E-state index in [9.17, 15) is 0 Å². The molecule has 0 heterocycles. The summed E-state index contributed by atoms with van der Waals surface area (Å²) in [6, 6.07) is 95.8. The topological polar surface area (TPSA) is 24.9 Å². The maximum Gasteiger partial charge on any atom is 0.127 e. The summed E-state index contributed by atoms with van der Waals surface area (Å²) in [5.41, 5.74) is 19.0. The predicted octanol–water partition coefficient (Wildman–Crippen LogP) is 20.8. The van der Waals surface area contributed by atoms with Crippen LogP contribution in [0.4, 0.5) is 34.1 Å². The largest absolute Gasteiger partial charge is 0.457 e. The highest BCUT2D eigenvalue weighted by Crippen LogP contribution is 2.54. The predicted molar refractivity (Wildman–Crippen MR) is 324 cm³/mol. The van der Waals surface area contributed by atoms with Crippen molar-refractivity contribution in [2.24, 2.45) is 0 Å². The first-order chi connectivity index (χ1) is 38.2. The molecule has 78 heavy (non-hydrogen) atoms. The van der Waals surface area contributed by atoms with Crippen molar-refractivity contribution in [1.29, 1.82) is 0 Å². The highest BCUT2D eigenvalue weighted by Gasteiger charge is 2.37. The fourth-order valence-corrected chi connectivity index (χ4v) is 12.5. The van der Waals surface area contributed by atoms with Gasteiger partial charge < -0.3 is 19.3 Å². The van der Waals surface area contributed by atoms with Crippen LogP contribution >= 0.6 is 0 Å². The Labute approximate surface area is 456 Å². The Morgan fingerprint density at radius 1 is 0.269 bits per heavy atom. The van der Waals surface area contributed by atoms with Crippen LogP contribution in [0.25, 0.3) is 54.9 Å². The van der Waals surface area contributed by atoms with Crippen LogP contribution in [0.5, 0.6) is 23.0 Å². The van der Waals surface area contributed by atoms with Crippen LogP contribution in [0.15, 0.2) is 267 Å². The zero-order valence-electron chi connectivity index (χ0n) is 44.1. The summed E-state index contributed by atoms with van der Waals surface area (Å²) >= 11 is 0. The van der Waals surface area contributed by atoms with E-state index in [1.54, 1.807) is 0 Å². The van der Waals surface area contributed by atoms with Gasteiger partial charge in [0.25, 0.3) is 0 Å². The number of nitrogens with zero attached hydrogens (tertiary/aromatic N) is 2. The number of benzene rings is 12. The molecule has 0 fully saturated rings. The van der Waals surface area contributed by atoms with Crippen molar-refractivity contribution in [3.8, 4) is 56.4 Å². The molecule has 14 rings (SSSR count). The Hall–Kier alpha value is -9.64. The van der Waals surface area contributed by atoms with E-state index in [0.29, 0.717) is 0 Å². The van der Waals surface area contributed by atoms with Crippen molar-refractivity contribution in [2.75, 3.05) is 9.80 Å². The van der Waals surface area contributed by atoms with E-state index >= 15 is 0 Å². The second kappa shape index (κ2) is 18.6. The summed E-state index contributed by atoms with van der Waals surface area (Å²) < 4.78 is 12.7. The van der Waals surface area contributed by atoms with Gasteiger partial charge in [-0.1, -0.05) is 185 Å². The third-order valence-corrected chi connectivity index (χ3v) is 16.3. The average molecular weight is 1010 g/mol. The molecular weight excluding hydrogens is 949 g/mol. The molecule has 0 atom stereocenters. The first-order valence-corrected chi connectivity index (χ1v) is 27.0. The molecule has 0 radical (unpaired) electrons. The highest BCUT2D eigenvalue weighted by molar-refractivity contribution is 6.22. The second-order valence-electron chi connectivity index (χ2n) is 21.7. The molecule has 2 aliphatic rings. The molecular formula is C74H56N2O2. The molecule has 4 heteroatoms. The van der Waals surface area contributed by atoms with Gasteiger partial charge in [0.2, 0.25) is 0 Å². The maximum atomic E-state index is 6.36. The fourth-order valence-electron chi connectivity index (χ4n) is 12.5. The molecule has 374 valence electrons. The van der Waals surface area contributed by atoms with Crippen molar-refractivity contribution in [3.05, 3.63) is 289 Å². The lowest BCUT2D eigenvalue weighted by molar-refractivity contribution is 0.482. The van der Waals surface area contributed by atoms with Gasteiger partial charge in [-0.05, 0) is 176 Å². The molecule has 12 aromatic carbocycles. The molecule has 2 aliphatic carbocycles. The van der Waals surface area contributed by atoms with Gasteiger partial charge >= 0.3 is 0 Å². The van der Waals surface area contributed by atoms with Crippen LogP contribution < -0.4 is 19.3 Å². The van der Waals surface area contributed by atoms with Crippen molar-refractivity contribution < 1.29 is 9.47 Å². The van der Waals surface area contributed by atoms with Crippen LogP contribution in [0.1, 0.15) is 49.9 Å². The van der Waals surface area contributed by atoms with Crippen LogP contribution in [-0.4, -0.2) is 0 Å². The van der Waals surface area contributed by atoms with E-state index in [1.807, 2.05) is 60.7 Å². The molecule has 0 spiro atoms. The van der Waals surface area contributed by atoms with Gasteiger partial charge in [-0.3, -0.25) is 0 Å². The SMILES string of the molecule is CC1(C)c2ccccc2-c2ccc(N(c3ccc(Oc4ccccc4)cc3)c3ccc(-c4c5ccccc5c(N(c5ccc(Oc6ccccc6)cc5)c5ccc6c(c5)C(C)(C)c5ccccc5-6)c5ccccc45)cc3)cc21. The molecule has 0 N–H and O–H groups in total. The minimum atomic E-state index is -0.181. The van der Waals surface area contributed by atoms with E-state index in [4.69, 9.17) is 9.47 Å². The molecule has 0 saturated heterocycles. The van der Waals surface area contributed by atoms with Gasteiger partial charge in [-0.25, -0.2) is 0 Å². The molecule has 0 unspecified atom stereocenters. The molecule has 4 nitrogen and oxygen atoms in total. The monoisotopic (exact) mass is 1000 g/mol. The standard InChI is InChI=1S/C74H56N2O2/c1-73(2)67-29-17-15-23-59(67)61-45-39-53(47-69(61)73)75(51-35-41-57(42-36-51)77-55-19-7-5-8-20-55)50-33-31-49(32-34-50)71-63-25-11-13-27-65(63)72(66-28-14-12-26-64(66)71)76(52-37-43-58(44-38-52)78-56-21-9-6-10-22-56)54-40-46-62-60-24-16-18-30-68(60)74(3,4)70(62)48-54/h5-48H,1-4H3. The number of ether oxygens (including phenoxy) is 2. The zero-order valence-corrected chi connectivity index (χ0v) is 44.1. The Balaban J connectivity index is 0.908. The third kappa shape index (κ3) is 7.82. The molecule has 0 aromatic heterocycles. The van der Waals surface area contributed by atoms with Crippen molar-refractivity contribution in [2.45, 2.75) is 38.5 Å². The van der Waals surface area contributed by atoms with Gasteiger partial charge in [0.1, 0.15) is 23.0 Å². The lowest BCUT2D eigenvalue weighted by Crippen LogP contribution is -2.17. The van der Waals surface area contributed by atoms with Crippen molar-refractivity contribution >= 4 is 55.7 Å². The van der Waals surface area contributed by atoms with Crippen molar-refractivity contribution in [3.63, 3.8) is 0 Å². The van der Waals surface area contributed by atoms with Crippen LogP contribution in [0.3, 0.4) is 0 Å². The van der Waals surface area contributed by atoms with E-state index in [1.165, 1.54) is 60.8 Å². The first-order valence-electron chi connectivity index (χ1n) is 27.0. The van der Waals surface area contributed by atoms with Crippen molar-refractivity contribution in [1.82, 2.24) is 0 Å². The Bertz CT molecular complexity index is 4180. The minimum Gasteiger partial charge on any atom is -0.457 e. The summed E-state index contributed by atoms with van der Waals surface area (Å²) in [4.78, 5) is 4.84. The number of rotatable bonds is 11. The first kappa shape index (κ1) is 46.9. The quantitative estimate of drug-likeness (QED) is 0.121. The zero-order chi connectivity index (χ0) is 52.5. The van der Waals surface area contributed by atoms with Gasteiger partial charge in [0.15, 0.2) is 0 Å². The van der Waals surface area contributed by atoms with E-state index < -0.39 is 0 Å². The van der Waals surface area contributed by atoms with Crippen LogP contribution in [-0.2, 0) is 10.8 Å². The number of anilines is 6. The minimum absolute atomic E-state index is 0.155. The molecule has 0 amide bonds. The molecule has 0 bridgehead atoms. The molecule has 0 saturated carbocycles. The number of para-hydroxylation sites is 2. The van der Waals surface area contributed by atoms with Gasteiger partial charge in [0, 0.05) is 50.0 Å². The summed E-state index contributed by atoms with van der Waals surface area (Å²) in [6.45, 7) is 9.40. The summed E-state index contributed by atoms with van der Waals surface area (Å²) in [5, 5.41) is 4.66. The Morgan fingerprint density at radius 3 is 1.06 bits per heavy atom. The Morgan fingerprint density at radius 2 is 0.603 bits per heavy atom. The molecule has 12 aromatic rings. The lowest BCUT2D eigenvalue weighted by atomic mass is 9.82. The number of hydrogen-bond donors (Lipinski definition) is 0. The summed E-state index contributed by atoms with van der Waals surface area (Å²) in [7, 11) is 0. The summed E-state index contributed by atoms with van der Waals surface area (Å²) in [5.74, 6) is 3.17. The smallest absolute Gasteiger partial charge is 0.127 e. The van der Waals surface area contributed by atoms with Gasteiger partial charge in [0.05, 0.1) is 5.69 Å². The van der Waals surface area contributed by atoms with Gasteiger partial charge in [-0.15, -0.1) is 0 Å². The number of hydrogen-bond acceptors (Lipinski definition) is 4. The fraction of sp³-hybridized carbons (Fsp3) is 0.0811. The third-order valence-electron chi connectivity index (χ3n) is 16.3. The highest BCUT2D eigenvalue weighted by atomic mass is 16.5. The second-order valence-corrected chi connectivity index (χ2v) is 21.7. The maximum absolute atomic E-state index is 6.36. The number of fused-ring (bicyclic) bond motifs is 8. The van der Waals surface area contributed by atoms with Crippen LogP contribution in [0, 0.1) is 0 Å². The van der Waals surface area contributed by atoms with Gasteiger partial charge in [-0.2, -0.15) is 0 Å². The summed E-state index contributed by atoms with van der Waals surface area (Å²) in [6.07, 6.45) is 0. The van der Waals surface area contributed by atoms with E-state index in [-0.39, 0.29) is 10.8 Å². The van der Waals surface area contributed by atoms with Crippen LogP contribution in [0.2, 0.25) is 0 Å². The normalized spacial score (nSPS) is 13.3. The van der Waals surface area contributed by atoms with E-state index in [0.717, 1.165) is 73.5 Å². The molecule has 0 aliphatic heterocycles. The Kier molecular flexibility index (Phi) is 11.2. The lowest BCUT2D eigenvalue weighted by Gasteiger charge is -2.31. The average Bonchev–Trinajstić information content (AvgIpc) is 4.05.